The molecule has 0 aliphatic rings. The summed E-state index contributed by atoms with van der Waals surface area (Å²) in [7, 11) is 1.48. The van der Waals surface area contributed by atoms with Gasteiger partial charge in [-0.1, -0.05) is 12.1 Å². The number of aromatic nitrogens is 1. The van der Waals surface area contributed by atoms with Crippen LogP contribution in [0.4, 0.5) is 13.2 Å². The predicted octanol–water partition coefficient (Wildman–Crippen LogP) is 2.63. The van der Waals surface area contributed by atoms with Crippen molar-refractivity contribution >= 4 is 16.8 Å². The molecule has 1 aromatic carbocycles. The molecule has 1 unspecified atom stereocenters. The molecule has 130 valence electrons. The number of hydrogen-bond acceptors (Lipinski definition) is 4. The van der Waals surface area contributed by atoms with Gasteiger partial charge in [0.25, 0.3) is 5.91 Å². The molecule has 0 saturated carbocycles. The van der Waals surface area contributed by atoms with Crippen molar-refractivity contribution in [1.82, 2.24) is 9.88 Å². The molecule has 2 aromatic rings. The molecule has 24 heavy (non-hydrogen) atoms. The van der Waals surface area contributed by atoms with E-state index in [1.165, 1.54) is 18.0 Å². The van der Waals surface area contributed by atoms with E-state index < -0.39 is 24.7 Å². The average molecular weight is 342 g/mol. The van der Waals surface area contributed by atoms with Crippen molar-refractivity contribution in [3.63, 3.8) is 0 Å². The topological polar surface area (TPSA) is 62.7 Å². The number of aliphatic hydroxyl groups is 1. The number of likely N-dealkylation sites (N-methyl/N-ethyl adjacent to an activating group) is 1. The number of hydrogen-bond donors (Lipinski definition) is 1. The predicted molar refractivity (Wildman–Crippen MR) is 81.9 cm³/mol. The molecule has 5 nitrogen and oxygen atoms in total. The normalized spacial score (nSPS) is 12.9. The van der Waals surface area contributed by atoms with E-state index in [4.69, 9.17) is 9.84 Å². The summed E-state index contributed by atoms with van der Waals surface area (Å²) in [5, 5.41) is 9.52. The van der Waals surface area contributed by atoms with E-state index in [9.17, 15) is 18.0 Å². The largest absolute Gasteiger partial charge is 0.483 e. The van der Waals surface area contributed by atoms with Gasteiger partial charge in [0.1, 0.15) is 11.4 Å². The highest BCUT2D eigenvalue weighted by Crippen LogP contribution is 2.28. The molecule has 0 fully saturated rings. The first-order chi connectivity index (χ1) is 11.2. The number of alkyl halides is 3. The lowest BCUT2D eigenvalue weighted by Gasteiger charge is -2.23. The molecule has 1 atom stereocenters. The molecule has 0 spiro atoms. The van der Waals surface area contributed by atoms with Gasteiger partial charge < -0.3 is 14.7 Å². The lowest BCUT2D eigenvalue weighted by Crippen LogP contribution is -2.37. The summed E-state index contributed by atoms with van der Waals surface area (Å²) in [4.78, 5) is 17.9. The maximum atomic E-state index is 12.4. The minimum atomic E-state index is -4.49. The van der Waals surface area contributed by atoms with Crippen molar-refractivity contribution in [2.45, 2.75) is 19.1 Å². The molecule has 0 saturated heterocycles. The quantitative estimate of drug-likeness (QED) is 0.907. The number of pyridine rings is 1. The number of amides is 1. The van der Waals surface area contributed by atoms with Gasteiger partial charge in [-0.3, -0.25) is 4.79 Å². The first kappa shape index (κ1) is 18.0. The van der Waals surface area contributed by atoms with E-state index in [-0.39, 0.29) is 18.1 Å². The van der Waals surface area contributed by atoms with E-state index in [0.717, 1.165) is 0 Å². The Labute approximate surface area is 136 Å². The molecular formula is C16H17F3N2O3. The smallest absolute Gasteiger partial charge is 0.422 e. The Hall–Kier alpha value is -2.35. The molecule has 0 aliphatic carbocycles. The van der Waals surface area contributed by atoms with Crippen LogP contribution in [0.2, 0.25) is 0 Å². The summed E-state index contributed by atoms with van der Waals surface area (Å²) >= 11 is 0. The van der Waals surface area contributed by atoms with Crippen LogP contribution in [0.25, 0.3) is 10.9 Å². The van der Waals surface area contributed by atoms with E-state index in [2.05, 4.69) is 4.98 Å². The number of rotatable bonds is 5. The van der Waals surface area contributed by atoms with Gasteiger partial charge >= 0.3 is 6.18 Å². The Balaban J connectivity index is 2.43. The first-order valence-electron chi connectivity index (χ1n) is 7.20. The monoisotopic (exact) mass is 342 g/mol. The minimum Gasteiger partial charge on any atom is -0.483 e. The van der Waals surface area contributed by atoms with Crippen LogP contribution in [-0.4, -0.2) is 53.4 Å². The number of nitrogens with zero attached hydrogens (tertiary/aromatic N) is 2. The Morgan fingerprint density at radius 2 is 2.04 bits per heavy atom. The third kappa shape index (κ3) is 4.14. The number of carbonyl (C=O) groups excluding carboxylic acids is 1. The maximum Gasteiger partial charge on any atom is 0.422 e. The molecule has 0 radical (unpaired) electrons. The highest BCUT2D eigenvalue weighted by Gasteiger charge is 2.29. The van der Waals surface area contributed by atoms with E-state index in [1.54, 1.807) is 31.2 Å². The number of para-hydroxylation sites is 1. The van der Waals surface area contributed by atoms with Crippen LogP contribution >= 0.6 is 0 Å². The fraction of sp³-hybridized carbons (Fsp3) is 0.375. The van der Waals surface area contributed by atoms with Gasteiger partial charge in [0, 0.05) is 18.5 Å². The van der Waals surface area contributed by atoms with Crippen LogP contribution in [0, 0.1) is 0 Å². The highest BCUT2D eigenvalue weighted by molar-refractivity contribution is 5.97. The number of aliphatic hydroxyl groups excluding tert-OH is 1. The molecule has 2 rings (SSSR count). The van der Waals surface area contributed by atoms with Crippen LogP contribution in [-0.2, 0) is 0 Å². The van der Waals surface area contributed by atoms with Gasteiger partial charge in [-0.05, 0) is 19.1 Å². The second-order valence-corrected chi connectivity index (χ2v) is 5.37. The second kappa shape index (κ2) is 7.04. The molecule has 0 bridgehead atoms. The Bertz CT molecular complexity index is 734. The summed E-state index contributed by atoms with van der Waals surface area (Å²) < 4.78 is 42.2. The van der Waals surface area contributed by atoms with Crippen LogP contribution in [0.1, 0.15) is 17.4 Å². The van der Waals surface area contributed by atoms with Gasteiger partial charge in [0.2, 0.25) is 0 Å². The van der Waals surface area contributed by atoms with Gasteiger partial charge in [-0.2, -0.15) is 13.2 Å². The summed E-state index contributed by atoms with van der Waals surface area (Å²) in [5.74, 6) is -0.578. The Morgan fingerprint density at radius 1 is 1.38 bits per heavy atom. The molecular weight excluding hydrogens is 325 g/mol. The molecule has 1 heterocycles. The lowest BCUT2D eigenvalue weighted by atomic mass is 10.1. The summed E-state index contributed by atoms with van der Waals surface area (Å²) in [6.07, 6.45) is -4.49. The van der Waals surface area contributed by atoms with Crippen molar-refractivity contribution < 1.29 is 27.8 Å². The Kier molecular flexibility index (Phi) is 5.28. The standard InChI is InChI=1S/C16H17F3N2O3/c1-10(8-22)21(2)15(23)13-7-14(24-9-16(17,18)19)11-5-3-4-6-12(11)20-13/h3-7,10,22H,8-9H2,1-2H3. The molecule has 1 aromatic heterocycles. The van der Waals surface area contributed by atoms with Crippen molar-refractivity contribution in [2.24, 2.45) is 0 Å². The van der Waals surface area contributed by atoms with Crippen LogP contribution in [0.3, 0.4) is 0 Å². The van der Waals surface area contributed by atoms with Crippen molar-refractivity contribution in [3.05, 3.63) is 36.0 Å². The minimum absolute atomic E-state index is 0.0475. The molecule has 8 heteroatoms. The number of fused-ring (bicyclic) bond motifs is 1. The van der Waals surface area contributed by atoms with Crippen LogP contribution < -0.4 is 4.74 Å². The lowest BCUT2D eigenvalue weighted by molar-refractivity contribution is -0.153. The maximum absolute atomic E-state index is 12.4. The SMILES string of the molecule is CC(CO)N(C)C(=O)c1cc(OCC(F)(F)F)c2ccccc2n1. The van der Waals surface area contributed by atoms with E-state index in [0.29, 0.717) is 10.9 Å². The third-order valence-electron chi connectivity index (χ3n) is 3.53. The highest BCUT2D eigenvalue weighted by atomic mass is 19.4. The van der Waals surface area contributed by atoms with Crippen molar-refractivity contribution in [3.8, 4) is 5.75 Å². The van der Waals surface area contributed by atoms with Crippen LogP contribution in [0.5, 0.6) is 5.75 Å². The number of halogens is 3. The fourth-order valence-electron chi connectivity index (χ4n) is 2.04. The second-order valence-electron chi connectivity index (χ2n) is 5.37. The van der Waals surface area contributed by atoms with Crippen LogP contribution in [0.15, 0.2) is 30.3 Å². The van der Waals surface area contributed by atoms with Gasteiger partial charge in [0.15, 0.2) is 6.61 Å². The average Bonchev–Trinajstić information content (AvgIpc) is 2.56. The number of ether oxygens (including phenoxy) is 1. The van der Waals surface area contributed by atoms with Gasteiger partial charge in [-0.15, -0.1) is 0 Å². The number of carbonyl (C=O) groups is 1. The van der Waals surface area contributed by atoms with Crippen molar-refractivity contribution in [1.29, 1.82) is 0 Å². The fourth-order valence-corrected chi connectivity index (χ4v) is 2.04. The van der Waals surface area contributed by atoms with E-state index in [1.807, 2.05) is 0 Å². The van der Waals surface area contributed by atoms with Gasteiger partial charge in [0.05, 0.1) is 18.2 Å². The van der Waals surface area contributed by atoms with E-state index >= 15 is 0 Å². The summed E-state index contributed by atoms with van der Waals surface area (Å²) in [6, 6.07) is 7.20. The molecule has 1 amide bonds. The van der Waals surface area contributed by atoms with Crippen molar-refractivity contribution in [2.75, 3.05) is 20.3 Å². The number of benzene rings is 1. The zero-order chi connectivity index (χ0) is 17.9. The summed E-state index contributed by atoms with van der Waals surface area (Å²) in [5.41, 5.74) is 0.305. The first-order valence-corrected chi connectivity index (χ1v) is 7.20. The molecule has 0 aliphatic heterocycles. The zero-order valence-electron chi connectivity index (χ0n) is 13.2. The Morgan fingerprint density at radius 3 is 2.67 bits per heavy atom. The third-order valence-corrected chi connectivity index (χ3v) is 3.53. The zero-order valence-corrected chi connectivity index (χ0v) is 13.2. The summed E-state index contributed by atoms with van der Waals surface area (Å²) in [6.45, 7) is -0.0647. The molecule has 1 N–H and O–H groups in total. The van der Waals surface area contributed by atoms with Gasteiger partial charge in [-0.25, -0.2) is 4.98 Å².